The van der Waals surface area contributed by atoms with Crippen LogP contribution in [0.1, 0.15) is 11.1 Å². The molecule has 2 aliphatic heterocycles. The Morgan fingerprint density at radius 3 is 2.67 bits per heavy atom. The van der Waals surface area contributed by atoms with Crippen molar-refractivity contribution in [3.63, 3.8) is 0 Å². The SMILES string of the molecule is COc1ccc(CC(=O)N=C2S[C@H]3CS(=O)(=O)C[C@@H]3N2c2cc(Cl)ccc2C)cc1. The highest BCUT2D eigenvalue weighted by Crippen LogP contribution is 2.42. The van der Waals surface area contributed by atoms with E-state index in [1.807, 2.05) is 30.0 Å². The third-order valence-corrected chi connectivity index (χ3v) is 8.68. The molecule has 0 aromatic heterocycles. The van der Waals surface area contributed by atoms with Crippen LogP contribution in [0.2, 0.25) is 5.02 Å². The second kappa shape index (κ2) is 8.24. The first kappa shape index (κ1) is 21.2. The van der Waals surface area contributed by atoms with Crippen molar-refractivity contribution < 1.29 is 17.9 Å². The Bertz CT molecular complexity index is 1120. The molecule has 2 aromatic carbocycles. The summed E-state index contributed by atoms with van der Waals surface area (Å²) < 4.78 is 29.6. The van der Waals surface area contributed by atoms with E-state index in [0.29, 0.717) is 10.2 Å². The molecule has 6 nitrogen and oxygen atoms in total. The standard InChI is InChI=1S/C21H21ClN2O4S2/c1-13-3-6-15(22)10-17(13)24-18-11-30(26,27)12-19(18)29-21(24)23-20(25)9-14-4-7-16(28-2)8-5-14/h3-8,10,18-19H,9,11-12H2,1-2H3/t18-,19-/m0/s1. The van der Waals surface area contributed by atoms with Gasteiger partial charge in [0.15, 0.2) is 15.0 Å². The van der Waals surface area contributed by atoms with Crippen molar-refractivity contribution in [1.82, 2.24) is 0 Å². The lowest BCUT2D eigenvalue weighted by atomic mass is 10.1. The number of carbonyl (C=O) groups is 1. The molecule has 2 heterocycles. The predicted octanol–water partition coefficient (Wildman–Crippen LogP) is 3.50. The smallest absolute Gasteiger partial charge is 0.252 e. The van der Waals surface area contributed by atoms with E-state index in [0.717, 1.165) is 22.6 Å². The summed E-state index contributed by atoms with van der Waals surface area (Å²) in [5.74, 6) is 0.572. The first-order chi connectivity index (χ1) is 14.3. The first-order valence-corrected chi connectivity index (χ1v) is 12.5. The number of ether oxygens (including phenoxy) is 1. The number of hydrogen-bond acceptors (Lipinski definition) is 5. The number of nitrogens with zero attached hydrogens (tertiary/aromatic N) is 2. The van der Waals surface area contributed by atoms with Crippen molar-refractivity contribution in [3.05, 3.63) is 58.6 Å². The van der Waals surface area contributed by atoms with Gasteiger partial charge in [0, 0.05) is 16.0 Å². The number of hydrogen-bond donors (Lipinski definition) is 0. The van der Waals surface area contributed by atoms with Gasteiger partial charge in [0.25, 0.3) is 5.91 Å². The number of amidine groups is 1. The molecule has 158 valence electrons. The van der Waals surface area contributed by atoms with Gasteiger partial charge in [-0.2, -0.15) is 4.99 Å². The minimum atomic E-state index is -3.12. The van der Waals surface area contributed by atoms with Crippen LogP contribution >= 0.6 is 23.4 Å². The lowest BCUT2D eigenvalue weighted by molar-refractivity contribution is -0.117. The van der Waals surface area contributed by atoms with Gasteiger partial charge in [-0.25, -0.2) is 8.42 Å². The average Bonchev–Trinajstić information content (AvgIpc) is 3.15. The summed E-state index contributed by atoms with van der Waals surface area (Å²) in [6.07, 6.45) is 0.157. The van der Waals surface area contributed by atoms with Gasteiger partial charge in [-0.15, -0.1) is 0 Å². The quantitative estimate of drug-likeness (QED) is 0.689. The lowest BCUT2D eigenvalue weighted by Gasteiger charge is -2.26. The highest BCUT2D eigenvalue weighted by Gasteiger charge is 2.49. The molecule has 0 unspecified atom stereocenters. The van der Waals surface area contributed by atoms with E-state index in [1.165, 1.54) is 11.8 Å². The molecule has 1 amide bonds. The number of aliphatic imine (C=N–C) groups is 1. The summed E-state index contributed by atoms with van der Waals surface area (Å²) in [5, 5.41) is 0.929. The minimum absolute atomic E-state index is 0.0440. The van der Waals surface area contributed by atoms with E-state index in [9.17, 15) is 13.2 Å². The average molecular weight is 465 g/mol. The molecule has 0 aliphatic carbocycles. The van der Waals surface area contributed by atoms with Crippen LogP contribution in [-0.4, -0.2) is 49.4 Å². The van der Waals surface area contributed by atoms with Crippen LogP contribution in [0.4, 0.5) is 5.69 Å². The Kier molecular flexibility index (Phi) is 5.83. The molecule has 2 aliphatic rings. The summed E-state index contributed by atoms with van der Waals surface area (Å²) in [5.41, 5.74) is 2.57. The molecule has 0 spiro atoms. The predicted molar refractivity (Wildman–Crippen MR) is 122 cm³/mol. The van der Waals surface area contributed by atoms with Crippen LogP contribution in [0.3, 0.4) is 0 Å². The summed E-state index contributed by atoms with van der Waals surface area (Å²) in [7, 11) is -1.53. The van der Waals surface area contributed by atoms with Gasteiger partial charge < -0.3 is 9.64 Å². The highest BCUT2D eigenvalue weighted by atomic mass is 35.5. The third kappa shape index (κ3) is 4.36. The molecule has 2 saturated heterocycles. The number of methoxy groups -OCH3 is 1. The molecule has 0 saturated carbocycles. The Balaban J connectivity index is 1.64. The fourth-order valence-electron chi connectivity index (χ4n) is 3.75. The van der Waals surface area contributed by atoms with E-state index in [4.69, 9.17) is 16.3 Å². The van der Waals surface area contributed by atoms with E-state index in [-0.39, 0.29) is 35.1 Å². The van der Waals surface area contributed by atoms with Crippen molar-refractivity contribution in [1.29, 1.82) is 0 Å². The van der Waals surface area contributed by atoms with Crippen LogP contribution in [0.25, 0.3) is 0 Å². The fraction of sp³-hybridized carbons (Fsp3) is 0.333. The second-order valence-electron chi connectivity index (χ2n) is 7.41. The molecule has 4 rings (SSSR count). The number of sulfone groups is 1. The Labute approximate surface area is 185 Å². The number of thioether (sulfide) groups is 1. The fourth-order valence-corrected chi connectivity index (χ4v) is 7.84. The topological polar surface area (TPSA) is 76.0 Å². The maximum Gasteiger partial charge on any atom is 0.252 e. The van der Waals surface area contributed by atoms with Gasteiger partial charge in [-0.05, 0) is 42.3 Å². The Hall–Kier alpha value is -2.03. The zero-order valence-corrected chi connectivity index (χ0v) is 18.9. The molecule has 30 heavy (non-hydrogen) atoms. The zero-order chi connectivity index (χ0) is 21.5. The Morgan fingerprint density at radius 2 is 1.97 bits per heavy atom. The lowest BCUT2D eigenvalue weighted by Crippen LogP contribution is -2.38. The van der Waals surface area contributed by atoms with Crippen molar-refractivity contribution in [3.8, 4) is 5.75 Å². The van der Waals surface area contributed by atoms with Crippen molar-refractivity contribution in [2.75, 3.05) is 23.5 Å². The minimum Gasteiger partial charge on any atom is -0.497 e. The molecule has 9 heteroatoms. The van der Waals surface area contributed by atoms with Crippen LogP contribution in [0.15, 0.2) is 47.5 Å². The molecule has 0 radical (unpaired) electrons. The number of fused-ring (bicyclic) bond motifs is 1. The van der Waals surface area contributed by atoms with Crippen LogP contribution in [-0.2, 0) is 21.1 Å². The number of anilines is 1. The van der Waals surface area contributed by atoms with Gasteiger partial charge in [0.1, 0.15) is 5.75 Å². The summed E-state index contributed by atoms with van der Waals surface area (Å²) >= 11 is 7.57. The van der Waals surface area contributed by atoms with E-state index in [1.54, 1.807) is 31.4 Å². The largest absolute Gasteiger partial charge is 0.497 e. The van der Waals surface area contributed by atoms with E-state index < -0.39 is 9.84 Å². The maximum atomic E-state index is 12.7. The van der Waals surface area contributed by atoms with Crippen molar-refractivity contribution >= 4 is 50.0 Å². The number of halogens is 1. The van der Waals surface area contributed by atoms with Crippen LogP contribution < -0.4 is 9.64 Å². The van der Waals surface area contributed by atoms with Crippen LogP contribution in [0.5, 0.6) is 5.75 Å². The highest BCUT2D eigenvalue weighted by molar-refractivity contribution is 8.16. The number of carbonyl (C=O) groups excluding carboxylic acids is 1. The van der Waals surface area contributed by atoms with Gasteiger partial charge in [-0.1, -0.05) is 41.6 Å². The molecule has 2 fully saturated rings. The monoisotopic (exact) mass is 464 g/mol. The van der Waals surface area contributed by atoms with Gasteiger partial charge in [0.05, 0.1) is 31.1 Å². The number of amides is 1. The van der Waals surface area contributed by atoms with E-state index in [2.05, 4.69) is 4.99 Å². The zero-order valence-electron chi connectivity index (χ0n) is 16.5. The van der Waals surface area contributed by atoms with Gasteiger partial charge in [-0.3, -0.25) is 4.79 Å². The number of rotatable bonds is 4. The summed E-state index contributed by atoms with van der Waals surface area (Å²) in [4.78, 5) is 18.9. The molecule has 2 aromatic rings. The number of benzene rings is 2. The van der Waals surface area contributed by atoms with Crippen LogP contribution in [0, 0.1) is 6.92 Å². The summed E-state index contributed by atoms with van der Waals surface area (Å²) in [6.45, 7) is 1.93. The number of aryl methyl sites for hydroxylation is 1. The molecule has 2 atom stereocenters. The molecular weight excluding hydrogens is 444 g/mol. The normalized spacial score (nSPS) is 23.6. The summed E-state index contributed by atoms with van der Waals surface area (Å²) in [6, 6.07) is 12.5. The first-order valence-electron chi connectivity index (χ1n) is 9.42. The molecule has 0 N–H and O–H groups in total. The van der Waals surface area contributed by atoms with Crippen molar-refractivity contribution in [2.24, 2.45) is 4.99 Å². The maximum absolute atomic E-state index is 12.7. The molecular formula is C21H21ClN2O4S2. The Morgan fingerprint density at radius 1 is 1.23 bits per heavy atom. The molecule has 0 bridgehead atoms. The van der Waals surface area contributed by atoms with Crippen molar-refractivity contribution in [2.45, 2.75) is 24.6 Å². The van der Waals surface area contributed by atoms with Gasteiger partial charge in [0.2, 0.25) is 0 Å². The second-order valence-corrected chi connectivity index (χ2v) is 11.2. The van der Waals surface area contributed by atoms with E-state index >= 15 is 0 Å². The third-order valence-electron chi connectivity index (χ3n) is 5.23. The van der Waals surface area contributed by atoms with Gasteiger partial charge >= 0.3 is 0 Å².